The monoisotopic (exact) mass is 206 g/mol. The smallest absolute Gasteiger partial charge is 0.162 e. The van der Waals surface area contributed by atoms with E-state index in [4.69, 9.17) is 19.3 Å². The first-order valence-electron chi connectivity index (χ1n) is 4.65. The van der Waals surface area contributed by atoms with Crippen molar-refractivity contribution in [1.29, 1.82) is 0 Å². The van der Waals surface area contributed by atoms with Crippen molar-refractivity contribution in [3.05, 3.63) is 0 Å². The third-order valence-electron chi connectivity index (χ3n) is 2.66. The van der Waals surface area contributed by atoms with E-state index in [0.29, 0.717) is 0 Å². The minimum atomic E-state index is -0.814. The van der Waals surface area contributed by atoms with E-state index < -0.39 is 18.5 Å². The summed E-state index contributed by atoms with van der Waals surface area (Å²) in [7, 11) is 3.05. The van der Waals surface area contributed by atoms with Gasteiger partial charge in [-0.25, -0.2) is 0 Å². The van der Waals surface area contributed by atoms with Crippen molar-refractivity contribution in [3.63, 3.8) is 0 Å². The summed E-state index contributed by atoms with van der Waals surface area (Å²) in [6, 6.07) is 0. The van der Waals surface area contributed by atoms with Gasteiger partial charge in [0.05, 0.1) is 12.7 Å². The zero-order chi connectivity index (χ0) is 10.7. The molecular formula is C9H18O5. The molecule has 0 spiro atoms. The van der Waals surface area contributed by atoms with Gasteiger partial charge >= 0.3 is 0 Å². The third-order valence-corrected chi connectivity index (χ3v) is 2.66. The van der Waals surface area contributed by atoms with Gasteiger partial charge < -0.3 is 24.4 Å². The van der Waals surface area contributed by atoms with Crippen LogP contribution in [0.15, 0.2) is 0 Å². The summed E-state index contributed by atoms with van der Waals surface area (Å²) in [5.74, 6) is -0.0669. The van der Waals surface area contributed by atoms with Crippen molar-refractivity contribution in [2.45, 2.75) is 31.5 Å². The largest absolute Gasteiger partial charge is 0.394 e. The first-order valence-corrected chi connectivity index (χ1v) is 4.65. The lowest BCUT2D eigenvalue weighted by molar-refractivity contribution is -0.278. The first-order chi connectivity index (χ1) is 6.65. The molecule has 1 aliphatic heterocycles. The van der Waals surface area contributed by atoms with E-state index in [2.05, 4.69) is 0 Å². The number of rotatable bonds is 3. The van der Waals surface area contributed by atoms with E-state index in [-0.39, 0.29) is 18.6 Å². The highest BCUT2D eigenvalue weighted by Gasteiger charge is 2.43. The molecule has 1 rings (SSSR count). The second-order valence-corrected chi connectivity index (χ2v) is 3.51. The van der Waals surface area contributed by atoms with Gasteiger partial charge in [-0.05, 0) is 0 Å². The molecule has 0 aromatic carbocycles. The Labute approximate surface area is 83.6 Å². The summed E-state index contributed by atoms with van der Waals surface area (Å²) in [4.78, 5) is 0. The van der Waals surface area contributed by atoms with Crippen LogP contribution in [0.3, 0.4) is 0 Å². The Morgan fingerprint density at radius 1 is 1.29 bits per heavy atom. The number of aliphatic hydroxyl groups is 2. The second-order valence-electron chi connectivity index (χ2n) is 3.51. The number of methoxy groups -OCH3 is 2. The van der Waals surface area contributed by atoms with Gasteiger partial charge in [0.25, 0.3) is 0 Å². The SMILES string of the molecule is CO[C@@H]1OC(CO)[C@@H](O)[C@H](OC)C1C. The maximum Gasteiger partial charge on any atom is 0.162 e. The Hall–Kier alpha value is -0.200. The molecule has 84 valence electrons. The van der Waals surface area contributed by atoms with Crippen molar-refractivity contribution in [3.8, 4) is 0 Å². The minimum absolute atomic E-state index is 0.0669. The fourth-order valence-electron chi connectivity index (χ4n) is 1.83. The molecule has 0 bridgehead atoms. The van der Waals surface area contributed by atoms with Gasteiger partial charge in [0.1, 0.15) is 12.2 Å². The van der Waals surface area contributed by atoms with Crippen LogP contribution in [0.5, 0.6) is 0 Å². The Bertz CT molecular complexity index is 159. The molecule has 5 nitrogen and oxygen atoms in total. The predicted molar refractivity (Wildman–Crippen MR) is 48.7 cm³/mol. The quantitative estimate of drug-likeness (QED) is 0.643. The molecule has 0 aliphatic carbocycles. The van der Waals surface area contributed by atoms with Crippen LogP contribution in [0.1, 0.15) is 6.92 Å². The van der Waals surface area contributed by atoms with Gasteiger partial charge in [-0.1, -0.05) is 6.92 Å². The van der Waals surface area contributed by atoms with Crippen molar-refractivity contribution >= 4 is 0 Å². The number of aliphatic hydroxyl groups excluding tert-OH is 2. The average molecular weight is 206 g/mol. The van der Waals surface area contributed by atoms with Gasteiger partial charge in [-0.15, -0.1) is 0 Å². The molecule has 1 fully saturated rings. The van der Waals surface area contributed by atoms with Crippen LogP contribution in [0.2, 0.25) is 0 Å². The molecule has 0 saturated carbocycles. The zero-order valence-electron chi connectivity index (χ0n) is 8.71. The van der Waals surface area contributed by atoms with Gasteiger partial charge in [-0.2, -0.15) is 0 Å². The lowest BCUT2D eigenvalue weighted by Gasteiger charge is -2.41. The van der Waals surface area contributed by atoms with Gasteiger partial charge in [0.15, 0.2) is 6.29 Å². The van der Waals surface area contributed by atoms with Crippen molar-refractivity contribution in [2.75, 3.05) is 20.8 Å². The fraction of sp³-hybridized carbons (Fsp3) is 1.00. The highest BCUT2D eigenvalue weighted by Crippen LogP contribution is 2.27. The zero-order valence-corrected chi connectivity index (χ0v) is 8.71. The normalized spacial score (nSPS) is 43.9. The van der Waals surface area contributed by atoms with Crippen LogP contribution in [0, 0.1) is 5.92 Å². The van der Waals surface area contributed by atoms with Crippen molar-refractivity contribution < 1.29 is 24.4 Å². The highest BCUT2D eigenvalue weighted by molar-refractivity contribution is 4.87. The highest BCUT2D eigenvalue weighted by atomic mass is 16.7. The van der Waals surface area contributed by atoms with E-state index in [0.717, 1.165) is 0 Å². The maximum atomic E-state index is 9.75. The Balaban J connectivity index is 2.72. The molecule has 0 aromatic rings. The van der Waals surface area contributed by atoms with Gasteiger partial charge in [-0.3, -0.25) is 0 Å². The summed E-state index contributed by atoms with van der Waals surface area (Å²) >= 11 is 0. The minimum Gasteiger partial charge on any atom is -0.394 e. The van der Waals surface area contributed by atoms with E-state index >= 15 is 0 Å². The van der Waals surface area contributed by atoms with Crippen LogP contribution < -0.4 is 0 Å². The molecule has 14 heavy (non-hydrogen) atoms. The molecule has 0 radical (unpaired) electrons. The lowest BCUT2D eigenvalue weighted by atomic mass is 9.92. The standard InChI is InChI=1S/C9H18O5/c1-5-8(12-2)7(11)6(4-10)14-9(5)13-3/h5-11H,4H2,1-3H3/t5?,6?,7-,8-,9-/m1/s1. The van der Waals surface area contributed by atoms with E-state index in [9.17, 15) is 5.11 Å². The van der Waals surface area contributed by atoms with Crippen LogP contribution in [-0.4, -0.2) is 55.6 Å². The molecule has 5 atom stereocenters. The first kappa shape index (κ1) is 11.9. The topological polar surface area (TPSA) is 68.2 Å². The molecule has 5 heteroatoms. The predicted octanol–water partition coefficient (Wildman–Crippen LogP) is -0.638. The Morgan fingerprint density at radius 2 is 1.93 bits per heavy atom. The number of hydrogen-bond acceptors (Lipinski definition) is 5. The second kappa shape index (κ2) is 5.04. The molecular weight excluding hydrogens is 188 g/mol. The van der Waals surface area contributed by atoms with Gasteiger partial charge in [0.2, 0.25) is 0 Å². The van der Waals surface area contributed by atoms with Crippen LogP contribution >= 0.6 is 0 Å². The average Bonchev–Trinajstić information content (AvgIpc) is 2.19. The van der Waals surface area contributed by atoms with Crippen LogP contribution in [0.4, 0.5) is 0 Å². The molecule has 2 N–H and O–H groups in total. The van der Waals surface area contributed by atoms with Crippen molar-refractivity contribution in [2.24, 2.45) is 5.92 Å². The fourth-order valence-corrected chi connectivity index (χ4v) is 1.83. The summed E-state index contributed by atoms with van der Waals surface area (Å²) < 4.78 is 15.6. The van der Waals surface area contributed by atoms with Crippen molar-refractivity contribution in [1.82, 2.24) is 0 Å². The molecule has 0 amide bonds. The molecule has 1 saturated heterocycles. The maximum absolute atomic E-state index is 9.75. The number of hydrogen-bond donors (Lipinski definition) is 2. The molecule has 2 unspecified atom stereocenters. The lowest BCUT2D eigenvalue weighted by Crippen LogP contribution is -2.55. The molecule has 1 heterocycles. The van der Waals surface area contributed by atoms with E-state index in [1.807, 2.05) is 6.92 Å². The molecule has 1 aliphatic rings. The van der Waals surface area contributed by atoms with Gasteiger partial charge in [0, 0.05) is 20.1 Å². The van der Waals surface area contributed by atoms with E-state index in [1.165, 1.54) is 14.2 Å². The van der Waals surface area contributed by atoms with Crippen LogP contribution in [0.25, 0.3) is 0 Å². The van der Waals surface area contributed by atoms with Crippen LogP contribution in [-0.2, 0) is 14.2 Å². The summed E-state index contributed by atoms with van der Waals surface area (Å²) in [5.41, 5.74) is 0. The molecule has 0 aromatic heterocycles. The van der Waals surface area contributed by atoms with E-state index in [1.54, 1.807) is 0 Å². The third kappa shape index (κ3) is 2.07. The summed E-state index contributed by atoms with van der Waals surface area (Å²) in [5, 5.41) is 18.7. The summed E-state index contributed by atoms with van der Waals surface area (Å²) in [6.07, 6.45) is -2.26. The Morgan fingerprint density at radius 3 is 2.36 bits per heavy atom. The number of ether oxygens (including phenoxy) is 3. The Kier molecular flexibility index (Phi) is 4.28. The summed E-state index contributed by atoms with van der Waals surface area (Å²) in [6.45, 7) is 1.63.